The van der Waals surface area contributed by atoms with E-state index in [4.69, 9.17) is 0 Å². The Kier molecular flexibility index (Phi) is 4.93. The monoisotopic (exact) mass is 387 g/mol. The zero-order chi connectivity index (χ0) is 18.0. The Labute approximate surface area is 157 Å². The maximum absolute atomic E-state index is 13.0. The average Bonchev–Trinajstić information content (AvgIpc) is 3.42. The van der Waals surface area contributed by atoms with Gasteiger partial charge in [-0.2, -0.15) is 5.10 Å². The van der Waals surface area contributed by atoms with Crippen molar-refractivity contribution in [3.63, 3.8) is 0 Å². The lowest BCUT2D eigenvalue weighted by Gasteiger charge is -2.08. The van der Waals surface area contributed by atoms with E-state index in [0.29, 0.717) is 18.3 Å². The first-order valence-electron chi connectivity index (χ1n) is 8.80. The van der Waals surface area contributed by atoms with E-state index in [9.17, 15) is 8.42 Å². The Morgan fingerprint density at radius 2 is 1.88 bits per heavy atom. The van der Waals surface area contributed by atoms with E-state index in [1.807, 2.05) is 52.5 Å². The molecule has 1 fully saturated rings. The van der Waals surface area contributed by atoms with Crippen LogP contribution in [0, 0.1) is 0 Å². The van der Waals surface area contributed by atoms with Gasteiger partial charge in [-0.1, -0.05) is 49.2 Å². The van der Waals surface area contributed by atoms with Gasteiger partial charge in [0.25, 0.3) is 0 Å². The number of nitrogens with one attached hydrogen (secondary N) is 1. The molecule has 1 saturated carbocycles. The zero-order valence-corrected chi connectivity index (χ0v) is 16.0. The first kappa shape index (κ1) is 17.5. The van der Waals surface area contributed by atoms with Crippen molar-refractivity contribution in [3.8, 4) is 11.3 Å². The summed E-state index contributed by atoms with van der Waals surface area (Å²) < 4.78 is 30.6. The first-order valence-corrected chi connectivity index (χ1v) is 11.2. The van der Waals surface area contributed by atoms with Crippen LogP contribution in [0.1, 0.15) is 36.6 Å². The van der Waals surface area contributed by atoms with Gasteiger partial charge in [-0.3, -0.25) is 4.68 Å². The molecule has 5 nitrogen and oxygen atoms in total. The third-order valence-corrected chi connectivity index (χ3v) is 7.03. The molecule has 1 aromatic carbocycles. The summed E-state index contributed by atoms with van der Waals surface area (Å²) in [6.45, 7) is 0.294. The van der Waals surface area contributed by atoms with Crippen molar-refractivity contribution in [2.24, 2.45) is 0 Å². The lowest BCUT2D eigenvalue weighted by atomic mass is 10.2. The van der Waals surface area contributed by atoms with E-state index in [1.54, 1.807) is 6.20 Å². The van der Waals surface area contributed by atoms with Crippen molar-refractivity contribution in [2.75, 3.05) is 0 Å². The van der Waals surface area contributed by atoms with E-state index in [1.165, 1.54) is 24.2 Å². The zero-order valence-electron chi connectivity index (χ0n) is 14.3. The van der Waals surface area contributed by atoms with E-state index < -0.39 is 10.0 Å². The van der Waals surface area contributed by atoms with Crippen molar-refractivity contribution in [3.05, 3.63) is 58.9 Å². The van der Waals surface area contributed by atoms with Gasteiger partial charge in [0.2, 0.25) is 10.0 Å². The molecule has 136 valence electrons. The summed E-state index contributed by atoms with van der Waals surface area (Å²) in [5.41, 5.74) is 1.34. The van der Waals surface area contributed by atoms with Crippen LogP contribution in [0.5, 0.6) is 0 Å². The van der Waals surface area contributed by atoms with E-state index >= 15 is 0 Å². The number of sulfonamides is 1. The number of hydrogen-bond acceptors (Lipinski definition) is 4. The molecule has 2 heterocycles. The molecular weight excluding hydrogens is 366 g/mol. The molecule has 0 aliphatic heterocycles. The van der Waals surface area contributed by atoms with Crippen LogP contribution < -0.4 is 4.72 Å². The van der Waals surface area contributed by atoms with Crippen LogP contribution in [-0.4, -0.2) is 18.2 Å². The molecule has 0 atom stereocenters. The maximum atomic E-state index is 13.0. The first-order chi connectivity index (χ1) is 12.6. The molecule has 1 aliphatic carbocycles. The second-order valence-electron chi connectivity index (χ2n) is 6.53. The fraction of sp³-hybridized carbons (Fsp3) is 0.316. The van der Waals surface area contributed by atoms with Crippen LogP contribution >= 0.6 is 11.3 Å². The van der Waals surface area contributed by atoms with Crippen LogP contribution in [0.15, 0.2) is 58.9 Å². The summed E-state index contributed by atoms with van der Waals surface area (Å²) in [6, 6.07) is 13.7. The number of hydrogen-bond donors (Lipinski definition) is 1. The minimum absolute atomic E-state index is 0.257. The number of thiophene rings is 1. The predicted molar refractivity (Wildman–Crippen MR) is 104 cm³/mol. The van der Waals surface area contributed by atoms with Crippen LogP contribution in [0.3, 0.4) is 0 Å². The smallest absolute Gasteiger partial charge is 0.244 e. The molecule has 26 heavy (non-hydrogen) atoms. The predicted octanol–water partition coefficient (Wildman–Crippen LogP) is 4.21. The van der Waals surface area contributed by atoms with E-state index in [-0.39, 0.29) is 4.90 Å². The lowest BCUT2D eigenvalue weighted by Crippen LogP contribution is -2.23. The van der Waals surface area contributed by atoms with Gasteiger partial charge in [0, 0.05) is 23.2 Å². The molecule has 0 saturated heterocycles. The molecule has 0 radical (unpaired) electrons. The standard InChI is InChI=1S/C19H21N3O2S2/c23-26(24,20-13-17-11-6-12-25-17)18-14-22(16-9-4-5-10-16)21-19(18)15-7-2-1-3-8-15/h1-3,6-8,11-12,14,16,20H,4-5,9-10,13H2. The van der Waals surface area contributed by atoms with Crippen molar-refractivity contribution >= 4 is 21.4 Å². The molecule has 0 amide bonds. The summed E-state index contributed by atoms with van der Waals surface area (Å²) in [7, 11) is -3.65. The summed E-state index contributed by atoms with van der Waals surface area (Å²) >= 11 is 1.54. The minimum atomic E-state index is -3.65. The second-order valence-corrected chi connectivity index (χ2v) is 9.30. The highest BCUT2D eigenvalue weighted by atomic mass is 32.2. The third-order valence-electron chi connectivity index (χ3n) is 4.75. The lowest BCUT2D eigenvalue weighted by molar-refractivity contribution is 0.467. The van der Waals surface area contributed by atoms with Crippen LogP contribution in [-0.2, 0) is 16.6 Å². The third kappa shape index (κ3) is 3.60. The van der Waals surface area contributed by atoms with Crippen LogP contribution in [0.25, 0.3) is 11.3 Å². The molecule has 7 heteroatoms. The van der Waals surface area contributed by atoms with Crippen LogP contribution in [0.2, 0.25) is 0 Å². The average molecular weight is 388 g/mol. The van der Waals surface area contributed by atoms with E-state index in [0.717, 1.165) is 23.3 Å². The Morgan fingerprint density at radius 1 is 1.12 bits per heavy atom. The van der Waals surface area contributed by atoms with Gasteiger partial charge in [0.15, 0.2) is 0 Å². The quantitative estimate of drug-likeness (QED) is 0.689. The largest absolute Gasteiger partial charge is 0.268 e. The molecule has 3 aromatic rings. The molecule has 1 aliphatic rings. The van der Waals surface area contributed by atoms with Crippen molar-refractivity contribution in [1.82, 2.24) is 14.5 Å². The van der Waals surface area contributed by atoms with Crippen molar-refractivity contribution < 1.29 is 8.42 Å². The highest BCUT2D eigenvalue weighted by Crippen LogP contribution is 2.33. The van der Waals surface area contributed by atoms with Gasteiger partial charge in [0.05, 0.1) is 6.04 Å². The van der Waals surface area contributed by atoms with Crippen molar-refractivity contribution in [2.45, 2.75) is 43.2 Å². The fourth-order valence-corrected chi connectivity index (χ4v) is 5.28. The summed E-state index contributed by atoms with van der Waals surface area (Å²) in [5, 5.41) is 6.62. The molecule has 4 rings (SSSR count). The number of aromatic nitrogens is 2. The molecule has 0 unspecified atom stereocenters. The Hall–Kier alpha value is -1.96. The normalized spacial score (nSPS) is 15.5. The Bertz CT molecular complexity index is 958. The Balaban J connectivity index is 1.70. The summed E-state index contributed by atoms with van der Waals surface area (Å²) in [6.07, 6.45) is 6.15. The molecule has 1 N–H and O–H groups in total. The number of benzene rings is 1. The summed E-state index contributed by atoms with van der Waals surface area (Å²) in [4.78, 5) is 1.24. The van der Waals surface area contributed by atoms with Gasteiger partial charge in [-0.15, -0.1) is 11.3 Å². The van der Waals surface area contributed by atoms with Gasteiger partial charge >= 0.3 is 0 Å². The topological polar surface area (TPSA) is 64.0 Å². The fourth-order valence-electron chi connectivity index (χ4n) is 3.38. The number of rotatable bonds is 6. The molecule has 0 bridgehead atoms. The molecular formula is C19H21N3O2S2. The number of nitrogens with zero attached hydrogens (tertiary/aromatic N) is 2. The minimum Gasteiger partial charge on any atom is -0.268 e. The highest BCUT2D eigenvalue weighted by Gasteiger charge is 2.27. The SMILES string of the molecule is O=S(=O)(NCc1cccs1)c1cn(C2CCCC2)nc1-c1ccccc1. The summed E-state index contributed by atoms with van der Waals surface area (Å²) in [5.74, 6) is 0. The molecule has 2 aromatic heterocycles. The van der Waals surface area contributed by atoms with Gasteiger partial charge in [-0.25, -0.2) is 13.1 Å². The maximum Gasteiger partial charge on any atom is 0.244 e. The van der Waals surface area contributed by atoms with Gasteiger partial charge in [-0.05, 0) is 24.3 Å². The second kappa shape index (κ2) is 7.34. The Morgan fingerprint density at radius 3 is 2.58 bits per heavy atom. The van der Waals surface area contributed by atoms with Gasteiger partial charge < -0.3 is 0 Å². The van der Waals surface area contributed by atoms with Crippen molar-refractivity contribution in [1.29, 1.82) is 0 Å². The highest BCUT2D eigenvalue weighted by molar-refractivity contribution is 7.89. The van der Waals surface area contributed by atoms with E-state index in [2.05, 4.69) is 9.82 Å². The van der Waals surface area contributed by atoms with Crippen LogP contribution in [0.4, 0.5) is 0 Å². The molecule has 0 spiro atoms. The van der Waals surface area contributed by atoms with Gasteiger partial charge in [0.1, 0.15) is 10.6 Å².